The molecule has 2 aliphatic rings. The minimum absolute atomic E-state index is 0.0448. The molecule has 2 amide bonds. The molecule has 8 nitrogen and oxygen atoms in total. The number of ether oxygens (including phenoxy) is 1. The summed E-state index contributed by atoms with van der Waals surface area (Å²) in [6.07, 6.45) is 6.56. The maximum Gasteiger partial charge on any atom is 0.242 e. The van der Waals surface area contributed by atoms with Gasteiger partial charge >= 0.3 is 0 Å². The van der Waals surface area contributed by atoms with Gasteiger partial charge in [0.05, 0.1) is 18.3 Å². The highest BCUT2D eigenvalue weighted by Crippen LogP contribution is 2.29. The second kappa shape index (κ2) is 9.60. The first kappa shape index (κ1) is 21.5. The van der Waals surface area contributed by atoms with Gasteiger partial charge in [0.2, 0.25) is 11.8 Å². The molecule has 2 aromatic heterocycles. The molecule has 0 radical (unpaired) electrons. The second-order valence-electron chi connectivity index (χ2n) is 8.61. The zero-order valence-corrected chi connectivity index (χ0v) is 18.2. The average Bonchev–Trinajstić information content (AvgIpc) is 3.55. The Labute approximate surface area is 182 Å². The quantitative estimate of drug-likeness (QED) is 0.644. The summed E-state index contributed by atoms with van der Waals surface area (Å²) in [5, 5.41) is 3.96. The molecule has 2 aromatic rings. The lowest BCUT2D eigenvalue weighted by atomic mass is 10.1. The topological polar surface area (TPSA) is 88.8 Å². The van der Waals surface area contributed by atoms with Crippen LogP contribution in [0.15, 0.2) is 29.0 Å². The van der Waals surface area contributed by atoms with Crippen molar-refractivity contribution >= 4 is 11.8 Å². The number of carbonyl (C=O) groups excluding carboxylic acids is 2. The summed E-state index contributed by atoms with van der Waals surface area (Å²) in [7, 11) is 0. The van der Waals surface area contributed by atoms with Crippen molar-refractivity contribution in [3.63, 3.8) is 0 Å². The van der Waals surface area contributed by atoms with Crippen LogP contribution in [0.3, 0.4) is 0 Å². The number of hydrogen-bond donors (Lipinski definition) is 0. The number of rotatable bonds is 8. The van der Waals surface area contributed by atoms with E-state index in [9.17, 15) is 9.59 Å². The summed E-state index contributed by atoms with van der Waals surface area (Å²) >= 11 is 0. The van der Waals surface area contributed by atoms with Gasteiger partial charge in [-0.1, -0.05) is 11.2 Å². The predicted molar refractivity (Wildman–Crippen MR) is 113 cm³/mol. The van der Waals surface area contributed by atoms with Gasteiger partial charge in [-0.25, -0.2) is 0 Å². The van der Waals surface area contributed by atoms with Gasteiger partial charge in [0.1, 0.15) is 5.76 Å². The van der Waals surface area contributed by atoms with Gasteiger partial charge in [-0.3, -0.25) is 14.6 Å². The summed E-state index contributed by atoms with van der Waals surface area (Å²) < 4.78 is 11.3. The van der Waals surface area contributed by atoms with Crippen LogP contribution in [0.1, 0.15) is 41.8 Å². The highest BCUT2D eigenvalue weighted by Gasteiger charge is 2.32. The first-order valence-corrected chi connectivity index (χ1v) is 11.0. The Bertz CT molecular complexity index is 890. The minimum atomic E-state index is -0.188. The summed E-state index contributed by atoms with van der Waals surface area (Å²) in [6.45, 7) is 5.88. The van der Waals surface area contributed by atoms with E-state index in [0.29, 0.717) is 45.0 Å². The molecule has 0 N–H and O–H groups in total. The molecule has 8 heteroatoms. The maximum absolute atomic E-state index is 13.0. The fourth-order valence-electron chi connectivity index (χ4n) is 3.94. The predicted octanol–water partition coefficient (Wildman–Crippen LogP) is 2.29. The Morgan fingerprint density at radius 3 is 2.81 bits per heavy atom. The van der Waals surface area contributed by atoms with Crippen molar-refractivity contribution in [2.24, 2.45) is 5.92 Å². The number of amides is 2. The largest absolute Gasteiger partial charge is 0.374 e. The molecule has 31 heavy (non-hydrogen) atoms. The van der Waals surface area contributed by atoms with E-state index in [1.165, 1.54) is 12.8 Å². The molecule has 1 atom stereocenters. The Balaban J connectivity index is 1.43. The van der Waals surface area contributed by atoms with E-state index in [4.69, 9.17) is 9.26 Å². The van der Waals surface area contributed by atoms with Crippen molar-refractivity contribution in [2.75, 3.05) is 26.2 Å². The molecular weight excluding hydrogens is 396 g/mol. The lowest BCUT2D eigenvalue weighted by Crippen LogP contribution is -2.40. The fourth-order valence-corrected chi connectivity index (χ4v) is 3.94. The highest BCUT2D eigenvalue weighted by molar-refractivity contribution is 5.85. The van der Waals surface area contributed by atoms with E-state index in [1.54, 1.807) is 22.2 Å². The van der Waals surface area contributed by atoms with Gasteiger partial charge in [-0.05, 0) is 50.7 Å². The van der Waals surface area contributed by atoms with Gasteiger partial charge in [0, 0.05) is 50.6 Å². The van der Waals surface area contributed by atoms with Gasteiger partial charge < -0.3 is 19.1 Å². The molecule has 166 valence electrons. The lowest BCUT2D eigenvalue weighted by molar-refractivity contribution is -0.139. The van der Waals surface area contributed by atoms with Crippen molar-refractivity contribution in [1.82, 2.24) is 19.9 Å². The summed E-state index contributed by atoms with van der Waals surface area (Å²) in [5.41, 5.74) is 2.75. The number of hydrogen-bond acceptors (Lipinski definition) is 6. The molecule has 2 fully saturated rings. The minimum Gasteiger partial charge on any atom is -0.374 e. The number of aryl methyl sites for hydroxylation is 2. The van der Waals surface area contributed by atoms with Crippen molar-refractivity contribution in [3.05, 3.63) is 47.1 Å². The molecule has 1 saturated heterocycles. The molecule has 0 spiro atoms. The van der Waals surface area contributed by atoms with E-state index in [1.807, 2.05) is 26.0 Å². The van der Waals surface area contributed by atoms with Crippen LogP contribution in [-0.4, -0.2) is 64.1 Å². The maximum atomic E-state index is 13.0. The van der Waals surface area contributed by atoms with Gasteiger partial charge in [0.15, 0.2) is 0 Å². The third-order valence-electron chi connectivity index (χ3n) is 6.01. The van der Waals surface area contributed by atoms with Gasteiger partial charge in [0.25, 0.3) is 0 Å². The van der Waals surface area contributed by atoms with Gasteiger partial charge in [-0.15, -0.1) is 0 Å². The summed E-state index contributed by atoms with van der Waals surface area (Å²) in [5.74, 6) is 1.25. The van der Waals surface area contributed by atoms with Crippen LogP contribution in [0.4, 0.5) is 0 Å². The van der Waals surface area contributed by atoms with Crippen molar-refractivity contribution in [2.45, 2.75) is 52.2 Å². The monoisotopic (exact) mass is 426 g/mol. The Morgan fingerprint density at radius 2 is 2.13 bits per heavy atom. The highest BCUT2D eigenvalue weighted by atomic mass is 16.5. The number of aromatic nitrogens is 2. The molecule has 1 unspecified atom stereocenters. The van der Waals surface area contributed by atoms with E-state index < -0.39 is 0 Å². The first-order valence-electron chi connectivity index (χ1n) is 11.0. The van der Waals surface area contributed by atoms with Crippen LogP contribution in [0.2, 0.25) is 0 Å². The molecule has 4 rings (SSSR count). The molecule has 1 saturated carbocycles. The molecule has 1 aliphatic carbocycles. The number of carbonyl (C=O) groups is 2. The van der Waals surface area contributed by atoms with Crippen molar-refractivity contribution in [3.8, 4) is 0 Å². The fraction of sp³-hybridized carbons (Fsp3) is 0.565. The first-order chi connectivity index (χ1) is 15.0. The molecular formula is C23H30N4O4. The zero-order valence-electron chi connectivity index (χ0n) is 18.2. The standard InChI is InChI=1S/C23H30N4O4/c1-16-21(17(2)31-25-16)7-8-22(28)27-13-20(30-15-18-5-6-18)12-26(23(29)14-27)11-19-4-3-9-24-10-19/h3-4,9-10,18,20H,5-8,11-15H2,1-2H3. The van der Waals surface area contributed by atoms with E-state index in [2.05, 4.69) is 10.1 Å². The Morgan fingerprint density at radius 1 is 1.29 bits per heavy atom. The normalized spacial score (nSPS) is 19.5. The Hall–Kier alpha value is -2.74. The average molecular weight is 427 g/mol. The SMILES string of the molecule is Cc1noc(C)c1CCC(=O)N1CC(=O)N(Cc2cccnc2)CC(OCC2CC2)C1. The third kappa shape index (κ3) is 5.70. The summed E-state index contributed by atoms with van der Waals surface area (Å²) in [4.78, 5) is 33.6. The Kier molecular flexibility index (Phi) is 6.65. The van der Waals surface area contributed by atoms with E-state index in [-0.39, 0.29) is 24.5 Å². The molecule has 0 bridgehead atoms. The third-order valence-corrected chi connectivity index (χ3v) is 6.01. The number of nitrogens with zero attached hydrogens (tertiary/aromatic N) is 4. The van der Waals surface area contributed by atoms with Crippen molar-refractivity contribution in [1.29, 1.82) is 0 Å². The number of pyridine rings is 1. The van der Waals surface area contributed by atoms with Crippen LogP contribution >= 0.6 is 0 Å². The molecule has 0 aromatic carbocycles. The van der Waals surface area contributed by atoms with Crippen LogP contribution in [0.5, 0.6) is 0 Å². The lowest BCUT2D eigenvalue weighted by Gasteiger charge is -2.25. The van der Waals surface area contributed by atoms with Crippen LogP contribution in [0, 0.1) is 19.8 Å². The summed E-state index contributed by atoms with van der Waals surface area (Å²) in [6, 6.07) is 3.82. The van der Waals surface area contributed by atoms with E-state index in [0.717, 1.165) is 22.6 Å². The van der Waals surface area contributed by atoms with Crippen molar-refractivity contribution < 1.29 is 18.8 Å². The smallest absolute Gasteiger partial charge is 0.242 e. The zero-order chi connectivity index (χ0) is 21.8. The molecule has 1 aliphatic heterocycles. The van der Waals surface area contributed by atoms with Crippen LogP contribution in [-0.2, 0) is 27.3 Å². The molecule has 3 heterocycles. The van der Waals surface area contributed by atoms with Crippen LogP contribution in [0.25, 0.3) is 0 Å². The second-order valence-corrected chi connectivity index (χ2v) is 8.61. The van der Waals surface area contributed by atoms with E-state index >= 15 is 0 Å². The van der Waals surface area contributed by atoms with Crippen LogP contribution < -0.4 is 0 Å². The van der Waals surface area contributed by atoms with Gasteiger partial charge in [-0.2, -0.15) is 0 Å².